The maximum atomic E-state index is 14.2. The first-order valence-corrected chi connectivity index (χ1v) is 12.6. The smallest absolute Gasteiger partial charge is 0.167 e. The summed E-state index contributed by atoms with van der Waals surface area (Å²) in [4.78, 5) is 27.3. The van der Waals surface area contributed by atoms with E-state index in [-0.39, 0.29) is 47.6 Å². The van der Waals surface area contributed by atoms with Gasteiger partial charge >= 0.3 is 0 Å². The molecular formula is C27H40O5. The molecule has 3 saturated carbocycles. The summed E-state index contributed by atoms with van der Waals surface area (Å²) in [5.41, 5.74) is -3.52. The third-order valence-corrected chi connectivity index (χ3v) is 10.4. The molecule has 4 aliphatic carbocycles. The summed E-state index contributed by atoms with van der Waals surface area (Å²) in [7, 11) is 0. The van der Waals surface area contributed by atoms with Crippen LogP contribution >= 0.6 is 0 Å². The summed E-state index contributed by atoms with van der Waals surface area (Å²) in [5, 5.41) is 23.5. The van der Waals surface area contributed by atoms with Crippen LogP contribution in [0.3, 0.4) is 0 Å². The van der Waals surface area contributed by atoms with Crippen molar-refractivity contribution in [1.82, 2.24) is 0 Å². The number of aliphatic hydroxyl groups excluding tert-OH is 1. The van der Waals surface area contributed by atoms with Crippen LogP contribution in [-0.2, 0) is 14.3 Å². The normalized spacial score (nSPS) is 56.3. The van der Waals surface area contributed by atoms with Crippen LogP contribution in [0.25, 0.3) is 0 Å². The maximum absolute atomic E-state index is 14.2. The Kier molecular flexibility index (Phi) is 4.65. The van der Waals surface area contributed by atoms with E-state index in [1.807, 2.05) is 6.92 Å². The summed E-state index contributed by atoms with van der Waals surface area (Å²) < 4.78 is 7.11. The first kappa shape index (κ1) is 22.7. The highest BCUT2D eigenvalue weighted by molar-refractivity contribution is 6.02. The molecule has 3 bridgehead atoms. The topological polar surface area (TPSA) is 83.8 Å². The van der Waals surface area contributed by atoms with Crippen molar-refractivity contribution >= 4 is 11.6 Å². The van der Waals surface area contributed by atoms with Crippen molar-refractivity contribution in [3.8, 4) is 0 Å². The number of Topliss-reactive ketones (excluding diaryl/α,β-unsaturated/α-hetero) is 2. The van der Waals surface area contributed by atoms with Crippen LogP contribution < -0.4 is 0 Å². The Labute approximate surface area is 192 Å². The quantitative estimate of drug-likeness (QED) is 0.691. The molecular weight excluding hydrogens is 404 g/mol. The lowest BCUT2D eigenvalue weighted by atomic mass is 9.40. The molecule has 5 rings (SSSR count). The third kappa shape index (κ3) is 2.41. The lowest BCUT2D eigenvalue weighted by Gasteiger charge is -2.65. The summed E-state index contributed by atoms with van der Waals surface area (Å²) >= 11 is 0. The van der Waals surface area contributed by atoms with Crippen molar-refractivity contribution in [3.05, 3.63) is 11.6 Å². The van der Waals surface area contributed by atoms with Gasteiger partial charge in [0.1, 0.15) is 17.0 Å². The molecule has 4 fully saturated rings. The Balaban J connectivity index is 1.68. The molecule has 0 spiro atoms. The Morgan fingerprint density at radius 1 is 1.19 bits per heavy atom. The zero-order valence-electron chi connectivity index (χ0n) is 20.6. The maximum Gasteiger partial charge on any atom is 0.167 e. The minimum absolute atomic E-state index is 0.0355. The molecule has 11 atom stereocenters. The molecule has 178 valence electrons. The SMILES string of the molecule is CC1=C[C@H](O)[C@@](C)(C[C@]2(C)O[C@@]3(CC(C)C)C4C[C@H]5[C@H](C(=O)[C@@H]2[C@]3(O)[C@@H]5C)[C@@H](C)C4)C1=O. The highest BCUT2D eigenvalue weighted by atomic mass is 16.6. The molecule has 5 nitrogen and oxygen atoms in total. The lowest BCUT2D eigenvalue weighted by molar-refractivity contribution is -0.266. The van der Waals surface area contributed by atoms with E-state index in [9.17, 15) is 19.8 Å². The zero-order valence-corrected chi connectivity index (χ0v) is 20.6. The van der Waals surface area contributed by atoms with E-state index < -0.39 is 34.2 Å². The predicted octanol–water partition coefficient (Wildman–Crippen LogP) is 3.70. The Morgan fingerprint density at radius 3 is 2.41 bits per heavy atom. The van der Waals surface area contributed by atoms with Gasteiger partial charge < -0.3 is 14.9 Å². The molecule has 0 radical (unpaired) electrons. The fourth-order valence-corrected chi connectivity index (χ4v) is 9.45. The number of hydrogen-bond acceptors (Lipinski definition) is 5. The largest absolute Gasteiger partial charge is 0.388 e. The summed E-state index contributed by atoms with van der Waals surface area (Å²) in [5.74, 6) is 0.258. The fourth-order valence-electron chi connectivity index (χ4n) is 9.45. The zero-order chi connectivity index (χ0) is 23.6. The Hall–Kier alpha value is -1.04. The van der Waals surface area contributed by atoms with E-state index in [4.69, 9.17) is 4.74 Å². The predicted molar refractivity (Wildman–Crippen MR) is 121 cm³/mol. The van der Waals surface area contributed by atoms with Gasteiger partial charge in [-0.25, -0.2) is 0 Å². The second kappa shape index (κ2) is 6.55. The Morgan fingerprint density at radius 2 is 1.84 bits per heavy atom. The molecule has 2 N–H and O–H groups in total. The van der Waals surface area contributed by atoms with E-state index >= 15 is 0 Å². The number of fused-ring (bicyclic) bond motifs is 2. The van der Waals surface area contributed by atoms with Gasteiger partial charge in [-0.3, -0.25) is 9.59 Å². The monoisotopic (exact) mass is 444 g/mol. The first-order chi connectivity index (χ1) is 14.7. The van der Waals surface area contributed by atoms with Crippen molar-refractivity contribution in [2.45, 2.75) is 97.1 Å². The average molecular weight is 445 g/mol. The Bertz CT molecular complexity index is 908. The van der Waals surface area contributed by atoms with Gasteiger partial charge in [-0.2, -0.15) is 0 Å². The standard InChI is InChI=1S/C27H40O5/c1-13(2)11-26-17-8-14(3)20-18(10-17)16(5)27(26,31)22(21(20)29)25(7,32-26)12-24(6)19(28)9-15(4)23(24)30/h9,13-14,16-20,22,28,31H,8,10-12H2,1-7H3/t14-,16+,17?,18+,19-,20+,22-,24+,25-,26-,27+/m0/s1. The van der Waals surface area contributed by atoms with Crippen LogP contribution in [0.5, 0.6) is 0 Å². The van der Waals surface area contributed by atoms with Gasteiger partial charge in [-0.1, -0.05) is 27.7 Å². The number of rotatable bonds is 4. The minimum Gasteiger partial charge on any atom is -0.388 e. The molecule has 32 heavy (non-hydrogen) atoms. The number of allylic oxidation sites excluding steroid dienone is 1. The van der Waals surface area contributed by atoms with Gasteiger partial charge in [-0.05, 0) is 87.7 Å². The van der Waals surface area contributed by atoms with E-state index in [1.165, 1.54) is 0 Å². The van der Waals surface area contributed by atoms with E-state index in [0.29, 0.717) is 17.9 Å². The van der Waals surface area contributed by atoms with Crippen LogP contribution in [0.1, 0.15) is 74.1 Å². The molecule has 5 heteroatoms. The molecule has 1 unspecified atom stereocenters. The number of ketones is 2. The van der Waals surface area contributed by atoms with Gasteiger partial charge in [-0.15, -0.1) is 0 Å². The number of carbonyl (C=O) groups is 2. The van der Waals surface area contributed by atoms with Crippen molar-refractivity contribution in [3.63, 3.8) is 0 Å². The van der Waals surface area contributed by atoms with Crippen molar-refractivity contribution < 1.29 is 24.5 Å². The van der Waals surface area contributed by atoms with Crippen LogP contribution in [0, 0.1) is 46.8 Å². The fraction of sp³-hybridized carbons (Fsp3) is 0.852. The van der Waals surface area contributed by atoms with Crippen molar-refractivity contribution in [2.24, 2.45) is 46.8 Å². The lowest BCUT2D eigenvalue weighted by Crippen LogP contribution is -2.74. The molecule has 5 aliphatic rings. The highest BCUT2D eigenvalue weighted by Crippen LogP contribution is 2.72. The first-order valence-electron chi connectivity index (χ1n) is 12.6. The van der Waals surface area contributed by atoms with Crippen molar-refractivity contribution in [2.75, 3.05) is 0 Å². The molecule has 1 aliphatic heterocycles. The molecule has 0 aromatic rings. The number of hydrogen-bond donors (Lipinski definition) is 2. The molecule has 0 amide bonds. The van der Waals surface area contributed by atoms with Gasteiger partial charge in [0.15, 0.2) is 5.78 Å². The van der Waals surface area contributed by atoms with Crippen LogP contribution in [0.2, 0.25) is 0 Å². The molecule has 1 heterocycles. The second-order valence-corrected chi connectivity index (χ2v) is 12.9. The number of ether oxygens (including phenoxy) is 1. The highest BCUT2D eigenvalue weighted by Gasteiger charge is 2.82. The van der Waals surface area contributed by atoms with E-state index in [1.54, 1.807) is 19.9 Å². The average Bonchev–Trinajstić information content (AvgIpc) is 3.01. The van der Waals surface area contributed by atoms with E-state index in [0.717, 1.165) is 12.8 Å². The molecule has 0 aromatic heterocycles. The number of carbonyl (C=O) groups excluding carboxylic acids is 2. The van der Waals surface area contributed by atoms with Crippen LogP contribution in [0.4, 0.5) is 0 Å². The number of aliphatic hydroxyl groups is 2. The second-order valence-electron chi connectivity index (χ2n) is 12.9. The van der Waals surface area contributed by atoms with Crippen molar-refractivity contribution in [1.29, 1.82) is 0 Å². The van der Waals surface area contributed by atoms with Gasteiger partial charge in [0.2, 0.25) is 0 Å². The molecule has 1 saturated heterocycles. The van der Waals surface area contributed by atoms with Gasteiger partial charge in [0.25, 0.3) is 0 Å². The summed E-state index contributed by atoms with van der Waals surface area (Å²) in [6, 6.07) is 0. The van der Waals surface area contributed by atoms with Gasteiger partial charge in [0, 0.05) is 5.92 Å². The summed E-state index contributed by atoms with van der Waals surface area (Å²) in [6.07, 6.45) is 3.48. The third-order valence-electron chi connectivity index (χ3n) is 10.4. The molecule has 0 aromatic carbocycles. The summed E-state index contributed by atoms with van der Waals surface area (Å²) in [6.45, 7) is 14.1. The van der Waals surface area contributed by atoms with Crippen LogP contribution in [-0.4, -0.2) is 44.7 Å². The van der Waals surface area contributed by atoms with Gasteiger partial charge in [0.05, 0.1) is 23.0 Å². The minimum atomic E-state index is -1.24. The van der Waals surface area contributed by atoms with E-state index in [2.05, 4.69) is 27.7 Å². The van der Waals surface area contributed by atoms with Crippen LogP contribution in [0.15, 0.2) is 11.6 Å².